The molecule has 0 fully saturated rings. The highest BCUT2D eigenvalue weighted by Gasteiger charge is 2.35. The summed E-state index contributed by atoms with van der Waals surface area (Å²) in [6.07, 6.45) is -4.05. The first kappa shape index (κ1) is 33.8. The second-order valence-electron chi connectivity index (χ2n) is 11.2. The molecule has 1 heterocycles. The first-order valence-electron chi connectivity index (χ1n) is 15.6. The van der Waals surface area contributed by atoms with E-state index in [-0.39, 0.29) is 46.8 Å². The molecule has 2 atom stereocenters. The van der Waals surface area contributed by atoms with Crippen molar-refractivity contribution in [3.63, 3.8) is 0 Å². The van der Waals surface area contributed by atoms with E-state index in [0.29, 0.717) is 21.6 Å². The molecule has 0 aliphatic rings. The molecule has 6 aromatic rings. The van der Waals surface area contributed by atoms with Crippen LogP contribution in [0.2, 0.25) is 0 Å². The molecular formula is C36H34N2O12+2. The Bertz CT molecular complexity index is 2220. The van der Waals surface area contributed by atoms with Crippen LogP contribution in [0, 0.1) is 0 Å². The van der Waals surface area contributed by atoms with Crippen LogP contribution in [0.1, 0.15) is 13.3 Å². The second-order valence-corrected chi connectivity index (χ2v) is 11.2. The number of hydrogen-bond acceptors (Lipinski definition) is 12. The molecule has 50 heavy (non-hydrogen) atoms. The van der Waals surface area contributed by atoms with Gasteiger partial charge in [0.2, 0.25) is 11.5 Å². The van der Waals surface area contributed by atoms with Gasteiger partial charge in [-0.1, -0.05) is 43.3 Å². The molecule has 4 N–H and O–H groups in total. The van der Waals surface area contributed by atoms with Gasteiger partial charge in [-0.25, -0.2) is 9.59 Å². The predicted octanol–water partition coefficient (Wildman–Crippen LogP) is 4.60. The van der Waals surface area contributed by atoms with Crippen LogP contribution in [0.15, 0.2) is 84.9 Å². The number of hydrogen-bond donors (Lipinski definition) is 4. The van der Waals surface area contributed by atoms with Crippen molar-refractivity contribution in [2.24, 2.45) is 0 Å². The maximum atomic E-state index is 12.7. The molecule has 0 saturated carbocycles. The highest BCUT2D eigenvalue weighted by Crippen LogP contribution is 2.34. The van der Waals surface area contributed by atoms with E-state index in [4.69, 9.17) is 28.4 Å². The highest BCUT2D eigenvalue weighted by atomic mass is 16.7. The third-order valence-corrected chi connectivity index (χ3v) is 7.93. The number of carbonyl (C=O) groups excluding carboxylic acids is 2. The number of aliphatic hydroxyl groups is 2. The van der Waals surface area contributed by atoms with Crippen molar-refractivity contribution in [2.75, 3.05) is 26.9 Å². The molecule has 0 radical (unpaired) electrons. The zero-order valence-corrected chi connectivity index (χ0v) is 27.0. The van der Waals surface area contributed by atoms with Gasteiger partial charge in [0.05, 0.1) is 13.2 Å². The number of benzene rings is 5. The third kappa shape index (κ3) is 6.88. The average molecular weight is 687 g/mol. The van der Waals surface area contributed by atoms with E-state index in [1.807, 2.05) is 42.5 Å². The van der Waals surface area contributed by atoms with Gasteiger partial charge in [0.25, 0.3) is 0 Å². The number of rotatable bonds is 11. The molecule has 0 spiro atoms. The number of para-hydroxylation sites is 2. The van der Waals surface area contributed by atoms with Gasteiger partial charge in [-0.05, 0) is 53.6 Å². The van der Waals surface area contributed by atoms with E-state index in [1.54, 1.807) is 20.1 Å². The molecule has 14 heteroatoms. The van der Waals surface area contributed by atoms with Crippen LogP contribution in [0.25, 0.3) is 43.6 Å². The summed E-state index contributed by atoms with van der Waals surface area (Å²) in [5.74, 6) is 0.927. The summed E-state index contributed by atoms with van der Waals surface area (Å²) >= 11 is 0. The van der Waals surface area contributed by atoms with Crippen molar-refractivity contribution in [3.8, 4) is 23.0 Å². The number of carbonyl (C=O) groups is 2. The number of methoxy groups -OCH3 is 1. The zero-order valence-electron chi connectivity index (χ0n) is 27.0. The number of aromatic nitrogens is 2. The van der Waals surface area contributed by atoms with E-state index in [1.165, 1.54) is 36.4 Å². The lowest BCUT2D eigenvalue weighted by atomic mass is 10.0. The van der Waals surface area contributed by atoms with E-state index < -0.39 is 31.1 Å². The number of nitrogens with zero attached hydrogens (tertiary/aromatic N) is 2. The van der Waals surface area contributed by atoms with Gasteiger partial charge >= 0.3 is 34.4 Å². The summed E-state index contributed by atoms with van der Waals surface area (Å²) in [5.41, 5.74) is -0.310. The van der Waals surface area contributed by atoms with Crippen LogP contribution in [-0.2, 0) is 9.47 Å². The van der Waals surface area contributed by atoms with Crippen molar-refractivity contribution in [1.82, 2.24) is 0 Å². The van der Waals surface area contributed by atoms with E-state index in [9.17, 15) is 30.2 Å². The van der Waals surface area contributed by atoms with E-state index in [0.717, 1.165) is 27.3 Å². The summed E-state index contributed by atoms with van der Waals surface area (Å²) in [5, 5.41) is 46.1. The lowest BCUT2D eigenvalue weighted by Gasteiger charge is -2.15. The molecule has 0 bridgehead atoms. The monoisotopic (exact) mass is 686 g/mol. The van der Waals surface area contributed by atoms with E-state index >= 15 is 0 Å². The molecule has 258 valence electrons. The van der Waals surface area contributed by atoms with Crippen LogP contribution in [0.3, 0.4) is 0 Å². The number of ether oxygens (including phenoxy) is 6. The van der Waals surface area contributed by atoms with Gasteiger partial charge < -0.3 is 38.6 Å². The molecule has 0 aliphatic carbocycles. The SMILES string of the molecule is CCC(O)COC(=O)Oc1cccc2c1[n+](O)c1cccc(OC(=O)OCC(O)COc3cccc4cc5c(OC)cccc5cc34)c1[n+]2O. The van der Waals surface area contributed by atoms with Gasteiger partial charge in [0.15, 0.2) is 0 Å². The van der Waals surface area contributed by atoms with Gasteiger partial charge in [0.1, 0.15) is 37.4 Å². The highest BCUT2D eigenvalue weighted by molar-refractivity contribution is 6.03. The lowest BCUT2D eigenvalue weighted by molar-refractivity contribution is -0.894. The smallest absolute Gasteiger partial charge is 0.496 e. The van der Waals surface area contributed by atoms with Crippen molar-refractivity contribution >= 4 is 55.9 Å². The number of aliphatic hydroxyl groups excluding tert-OH is 2. The molecule has 0 saturated heterocycles. The molecule has 0 aliphatic heterocycles. The van der Waals surface area contributed by atoms with Gasteiger partial charge in [-0.15, -0.1) is 0 Å². The third-order valence-electron chi connectivity index (χ3n) is 7.93. The molecule has 6 rings (SSSR count). The minimum Gasteiger partial charge on any atom is -0.496 e. The van der Waals surface area contributed by atoms with E-state index in [2.05, 4.69) is 0 Å². The van der Waals surface area contributed by atoms with Gasteiger partial charge in [-0.3, -0.25) is 10.4 Å². The normalized spacial score (nSPS) is 12.5. The summed E-state index contributed by atoms with van der Waals surface area (Å²) < 4.78 is 33.3. The standard InChI is InChI=1S/C36H34N2O12/c1-3-23(39)18-47-35(41)49-31-14-6-10-27-33(31)37(43)28-11-7-15-32(34(28)38(27)44)50-36(42)48-20-24(40)19-46-30-13-5-9-22-16-25-21(17-26(22)30)8-4-12-29(25)45-2/h4-17,23-24,39-40,43-44H,3,18-20H2,1-2H3/q+2. The zero-order chi connectivity index (χ0) is 35.4. The Morgan fingerprint density at radius 2 is 1.10 bits per heavy atom. The minimum absolute atomic E-state index is 0.0311. The molecule has 1 aromatic heterocycles. The van der Waals surface area contributed by atoms with Gasteiger partial charge in [-0.2, -0.15) is 0 Å². The average Bonchev–Trinajstić information content (AvgIpc) is 3.13. The Kier molecular flexibility index (Phi) is 9.83. The molecule has 5 aromatic carbocycles. The first-order chi connectivity index (χ1) is 24.2. The molecule has 0 amide bonds. The van der Waals surface area contributed by atoms with Crippen molar-refractivity contribution in [2.45, 2.75) is 25.6 Å². The Balaban J connectivity index is 1.14. The van der Waals surface area contributed by atoms with Crippen LogP contribution in [0.4, 0.5) is 9.59 Å². The quantitative estimate of drug-likeness (QED) is 0.0490. The molecular weight excluding hydrogens is 652 g/mol. The van der Waals surface area contributed by atoms with Crippen LogP contribution in [-0.4, -0.2) is 72.1 Å². The Labute approximate surface area is 284 Å². The van der Waals surface area contributed by atoms with Crippen LogP contribution in [0.5, 0.6) is 23.0 Å². The van der Waals surface area contributed by atoms with Crippen LogP contribution >= 0.6 is 0 Å². The van der Waals surface area contributed by atoms with Gasteiger partial charge in [0, 0.05) is 32.4 Å². The topological polar surface area (TPSA) is 178 Å². The summed E-state index contributed by atoms with van der Waals surface area (Å²) in [6.45, 7) is 0.763. The first-order valence-corrected chi connectivity index (χ1v) is 15.6. The molecule has 14 nitrogen and oxygen atoms in total. The molecule has 2 unspecified atom stereocenters. The fourth-order valence-electron chi connectivity index (χ4n) is 5.41. The second kappa shape index (κ2) is 14.6. The Hall–Kier alpha value is -6.12. The maximum Gasteiger partial charge on any atom is 0.514 e. The lowest BCUT2D eigenvalue weighted by Crippen LogP contribution is -2.43. The maximum absolute atomic E-state index is 12.7. The van der Waals surface area contributed by atoms with Crippen LogP contribution < -0.4 is 28.4 Å². The minimum atomic E-state index is -1.22. The predicted molar refractivity (Wildman–Crippen MR) is 176 cm³/mol. The Morgan fingerprint density at radius 3 is 1.62 bits per heavy atom. The summed E-state index contributed by atoms with van der Waals surface area (Å²) in [7, 11) is 1.62. The fourth-order valence-corrected chi connectivity index (χ4v) is 5.41. The Morgan fingerprint density at radius 1 is 0.640 bits per heavy atom. The van der Waals surface area contributed by atoms with Crippen molar-refractivity contribution in [3.05, 3.63) is 84.9 Å². The fraction of sp³-hybridized carbons (Fsp3) is 0.222. The summed E-state index contributed by atoms with van der Waals surface area (Å²) in [6, 6.07) is 23.7. The van der Waals surface area contributed by atoms with Crippen molar-refractivity contribution in [1.29, 1.82) is 0 Å². The van der Waals surface area contributed by atoms with Crippen molar-refractivity contribution < 1.29 is 68.1 Å². The largest absolute Gasteiger partial charge is 0.514 e. The summed E-state index contributed by atoms with van der Waals surface area (Å²) in [4.78, 5) is 24.9. The number of fused-ring (bicyclic) bond motifs is 4.